The predicted molar refractivity (Wildman–Crippen MR) is 82.6 cm³/mol. The first-order valence-electron chi connectivity index (χ1n) is 6.26. The molecular formula is C16H13IO2. The minimum absolute atomic E-state index is 0.249. The number of carbonyl (C=O) groups excluding carboxylic acids is 1. The molecule has 3 rings (SSSR count). The van der Waals surface area contributed by atoms with E-state index in [4.69, 9.17) is 4.74 Å². The smallest absolute Gasteiger partial charge is 0.163 e. The number of aryl methyl sites for hydroxylation is 1. The average molecular weight is 364 g/mol. The summed E-state index contributed by atoms with van der Waals surface area (Å²) in [5, 5.41) is 0. The number of rotatable bonds is 3. The van der Waals surface area contributed by atoms with E-state index in [0.29, 0.717) is 13.0 Å². The van der Waals surface area contributed by atoms with Gasteiger partial charge in [-0.25, -0.2) is 0 Å². The van der Waals surface area contributed by atoms with Crippen LogP contribution < -0.4 is 4.74 Å². The largest absolute Gasteiger partial charge is 0.489 e. The lowest BCUT2D eigenvalue weighted by Gasteiger charge is -2.08. The lowest BCUT2D eigenvalue weighted by atomic mass is 10.1. The number of hydrogen-bond donors (Lipinski definition) is 0. The molecule has 1 aliphatic carbocycles. The summed E-state index contributed by atoms with van der Waals surface area (Å²) in [6, 6.07) is 14.0. The number of carbonyl (C=O) groups is 1. The van der Waals surface area contributed by atoms with Gasteiger partial charge in [-0.3, -0.25) is 4.79 Å². The van der Waals surface area contributed by atoms with Crippen LogP contribution in [-0.4, -0.2) is 5.78 Å². The van der Waals surface area contributed by atoms with Gasteiger partial charge >= 0.3 is 0 Å². The second kappa shape index (κ2) is 5.33. The highest BCUT2D eigenvalue weighted by Crippen LogP contribution is 2.26. The third-order valence-electron chi connectivity index (χ3n) is 3.32. The van der Waals surface area contributed by atoms with Gasteiger partial charge in [-0.05, 0) is 70.5 Å². The molecule has 0 aliphatic heterocycles. The molecule has 0 fully saturated rings. The Hall–Kier alpha value is -1.36. The molecule has 2 aromatic rings. The van der Waals surface area contributed by atoms with Crippen molar-refractivity contribution in [3.63, 3.8) is 0 Å². The molecule has 0 amide bonds. The molecule has 0 spiro atoms. The van der Waals surface area contributed by atoms with Crippen molar-refractivity contribution < 1.29 is 9.53 Å². The van der Waals surface area contributed by atoms with E-state index in [0.717, 1.165) is 28.9 Å². The summed E-state index contributed by atoms with van der Waals surface area (Å²) in [4.78, 5) is 11.5. The molecule has 0 N–H and O–H groups in total. The molecule has 0 bridgehead atoms. The van der Waals surface area contributed by atoms with Crippen LogP contribution in [-0.2, 0) is 13.0 Å². The van der Waals surface area contributed by atoms with Gasteiger partial charge in [-0.1, -0.05) is 12.1 Å². The molecule has 0 radical (unpaired) electrons. The summed E-state index contributed by atoms with van der Waals surface area (Å²) < 4.78 is 7.00. The van der Waals surface area contributed by atoms with Crippen molar-refractivity contribution in [2.24, 2.45) is 0 Å². The molecule has 96 valence electrons. The van der Waals surface area contributed by atoms with Crippen molar-refractivity contribution in [3.8, 4) is 5.75 Å². The average Bonchev–Trinajstić information content (AvgIpc) is 2.79. The maximum Gasteiger partial charge on any atom is 0.163 e. The van der Waals surface area contributed by atoms with Crippen molar-refractivity contribution >= 4 is 28.4 Å². The molecule has 0 unspecified atom stereocenters. The zero-order valence-electron chi connectivity index (χ0n) is 10.4. The Morgan fingerprint density at radius 2 is 1.84 bits per heavy atom. The van der Waals surface area contributed by atoms with Crippen LogP contribution in [0.5, 0.6) is 5.75 Å². The Morgan fingerprint density at radius 1 is 1.05 bits per heavy atom. The quantitative estimate of drug-likeness (QED) is 0.770. The second-order valence-electron chi connectivity index (χ2n) is 4.66. The van der Waals surface area contributed by atoms with Gasteiger partial charge in [0.15, 0.2) is 5.78 Å². The molecule has 2 aromatic carbocycles. The highest BCUT2D eigenvalue weighted by Gasteiger charge is 2.19. The van der Waals surface area contributed by atoms with Gasteiger partial charge < -0.3 is 4.74 Å². The van der Waals surface area contributed by atoms with E-state index in [2.05, 4.69) is 46.9 Å². The molecule has 0 saturated carbocycles. The maximum absolute atomic E-state index is 11.5. The van der Waals surface area contributed by atoms with Crippen LogP contribution in [0.1, 0.15) is 27.9 Å². The van der Waals surface area contributed by atoms with E-state index >= 15 is 0 Å². The van der Waals surface area contributed by atoms with Crippen molar-refractivity contribution in [1.82, 2.24) is 0 Å². The summed E-state index contributed by atoms with van der Waals surface area (Å²) in [5.41, 5.74) is 3.13. The fourth-order valence-corrected chi connectivity index (χ4v) is 2.63. The van der Waals surface area contributed by atoms with E-state index in [9.17, 15) is 4.79 Å². The minimum atomic E-state index is 0.249. The van der Waals surface area contributed by atoms with Gasteiger partial charge in [0.1, 0.15) is 12.4 Å². The van der Waals surface area contributed by atoms with Gasteiger partial charge in [0.25, 0.3) is 0 Å². The fraction of sp³-hybridized carbons (Fsp3) is 0.188. The highest BCUT2D eigenvalue weighted by molar-refractivity contribution is 14.1. The lowest BCUT2D eigenvalue weighted by molar-refractivity contribution is 0.0994. The lowest BCUT2D eigenvalue weighted by Crippen LogP contribution is -1.97. The Balaban J connectivity index is 1.71. The summed E-state index contributed by atoms with van der Waals surface area (Å²) in [6.45, 7) is 0.559. The Morgan fingerprint density at radius 3 is 2.63 bits per heavy atom. The van der Waals surface area contributed by atoms with Crippen LogP contribution in [0.2, 0.25) is 0 Å². The van der Waals surface area contributed by atoms with Crippen LogP contribution in [0.15, 0.2) is 42.5 Å². The molecule has 19 heavy (non-hydrogen) atoms. The van der Waals surface area contributed by atoms with E-state index in [-0.39, 0.29) is 5.78 Å². The molecule has 0 heterocycles. The van der Waals surface area contributed by atoms with Gasteiger partial charge in [-0.15, -0.1) is 0 Å². The zero-order chi connectivity index (χ0) is 13.2. The van der Waals surface area contributed by atoms with E-state index < -0.39 is 0 Å². The predicted octanol–water partition coefficient (Wildman–Crippen LogP) is 4.00. The maximum atomic E-state index is 11.5. The third-order valence-corrected chi connectivity index (χ3v) is 4.04. The van der Waals surface area contributed by atoms with Gasteiger partial charge in [0.2, 0.25) is 0 Å². The molecule has 0 aromatic heterocycles. The number of benzene rings is 2. The zero-order valence-corrected chi connectivity index (χ0v) is 12.5. The van der Waals surface area contributed by atoms with Crippen LogP contribution in [0.3, 0.4) is 0 Å². The first-order valence-corrected chi connectivity index (χ1v) is 7.33. The Kier molecular flexibility index (Phi) is 3.55. The number of halogens is 1. The molecule has 2 nitrogen and oxygen atoms in total. The van der Waals surface area contributed by atoms with Crippen molar-refractivity contribution in [2.75, 3.05) is 0 Å². The fourth-order valence-electron chi connectivity index (χ4n) is 2.27. The molecule has 0 atom stereocenters. The SMILES string of the molecule is O=C1CCc2cc(OCc3ccc(I)cc3)ccc21. The van der Waals surface area contributed by atoms with Crippen LogP contribution in [0.25, 0.3) is 0 Å². The summed E-state index contributed by atoms with van der Waals surface area (Å²) in [6.07, 6.45) is 1.48. The standard InChI is InChI=1S/C16H13IO2/c17-13-4-1-11(2-5-13)10-19-14-6-7-15-12(9-14)3-8-16(15)18/h1-2,4-7,9H,3,8,10H2. The van der Waals surface area contributed by atoms with Gasteiger partial charge in [0.05, 0.1) is 0 Å². The van der Waals surface area contributed by atoms with E-state index in [1.54, 1.807) is 0 Å². The molecule has 0 saturated heterocycles. The topological polar surface area (TPSA) is 26.3 Å². The van der Waals surface area contributed by atoms with E-state index in [1.165, 1.54) is 3.57 Å². The number of ketones is 1. The van der Waals surface area contributed by atoms with Crippen LogP contribution in [0.4, 0.5) is 0 Å². The number of fused-ring (bicyclic) bond motifs is 1. The molecule has 1 aliphatic rings. The Bertz CT molecular complexity index is 617. The van der Waals surface area contributed by atoms with E-state index in [1.807, 2.05) is 18.2 Å². The molecular weight excluding hydrogens is 351 g/mol. The number of ether oxygens (including phenoxy) is 1. The number of Topliss-reactive ketones (excluding diaryl/α,β-unsaturated/α-hetero) is 1. The van der Waals surface area contributed by atoms with Crippen molar-refractivity contribution in [1.29, 1.82) is 0 Å². The van der Waals surface area contributed by atoms with Crippen molar-refractivity contribution in [2.45, 2.75) is 19.4 Å². The first-order chi connectivity index (χ1) is 9.22. The van der Waals surface area contributed by atoms with Crippen LogP contribution >= 0.6 is 22.6 Å². The van der Waals surface area contributed by atoms with Crippen molar-refractivity contribution in [3.05, 3.63) is 62.7 Å². The monoisotopic (exact) mass is 364 g/mol. The second-order valence-corrected chi connectivity index (χ2v) is 5.90. The Labute approximate surface area is 125 Å². The summed E-state index contributed by atoms with van der Waals surface area (Å²) in [7, 11) is 0. The van der Waals surface area contributed by atoms with Gasteiger partial charge in [-0.2, -0.15) is 0 Å². The minimum Gasteiger partial charge on any atom is -0.489 e. The normalized spacial score (nSPS) is 13.4. The summed E-state index contributed by atoms with van der Waals surface area (Å²) >= 11 is 2.29. The summed E-state index contributed by atoms with van der Waals surface area (Å²) in [5.74, 6) is 1.09. The highest BCUT2D eigenvalue weighted by atomic mass is 127. The third kappa shape index (κ3) is 2.81. The first kappa shape index (κ1) is 12.7. The number of hydrogen-bond acceptors (Lipinski definition) is 2. The van der Waals surface area contributed by atoms with Crippen LogP contribution in [0, 0.1) is 3.57 Å². The van der Waals surface area contributed by atoms with Gasteiger partial charge in [0, 0.05) is 15.6 Å². The molecule has 3 heteroatoms.